The van der Waals surface area contributed by atoms with Crippen LogP contribution in [0.1, 0.15) is 59.8 Å². The summed E-state index contributed by atoms with van der Waals surface area (Å²) < 4.78 is 11.2. The summed E-state index contributed by atoms with van der Waals surface area (Å²) in [6.07, 6.45) is -5.41. The van der Waals surface area contributed by atoms with Crippen molar-refractivity contribution >= 4 is 23.7 Å². The fraction of sp³-hybridized carbons (Fsp3) is 0.826. The third-order valence-corrected chi connectivity index (χ3v) is 6.39. The first-order valence-corrected chi connectivity index (χ1v) is 12.4. The van der Waals surface area contributed by atoms with E-state index in [1.54, 1.807) is 6.92 Å². The van der Waals surface area contributed by atoms with E-state index in [9.17, 15) is 39.6 Å². The normalized spacial score (nSPS) is 27.0. The Morgan fingerprint density at radius 3 is 2.27 bits per heavy atom. The summed E-state index contributed by atoms with van der Waals surface area (Å²) in [4.78, 5) is 50.1. The first-order chi connectivity index (χ1) is 17.3. The monoisotopic (exact) mass is 534 g/mol. The van der Waals surface area contributed by atoms with Crippen LogP contribution in [0, 0.1) is 0 Å². The van der Waals surface area contributed by atoms with Gasteiger partial charge in [-0.1, -0.05) is 19.8 Å². The average Bonchev–Trinajstić information content (AvgIpc) is 2.81. The van der Waals surface area contributed by atoms with Gasteiger partial charge in [-0.15, -0.1) is 0 Å². The lowest BCUT2D eigenvalue weighted by molar-refractivity contribution is -0.265. The third-order valence-electron chi connectivity index (χ3n) is 6.39. The van der Waals surface area contributed by atoms with E-state index in [-0.39, 0.29) is 6.42 Å². The number of carboxylic acid groups (broad SMARTS) is 1. The molecule has 14 heteroatoms. The Morgan fingerprint density at radius 1 is 1.16 bits per heavy atom. The Hall–Kier alpha value is -2.36. The molecule has 0 spiro atoms. The van der Waals surface area contributed by atoms with E-state index in [0.29, 0.717) is 19.3 Å². The van der Waals surface area contributed by atoms with Crippen LogP contribution < -0.4 is 16.8 Å². The van der Waals surface area contributed by atoms with Crippen molar-refractivity contribution in [1.82, 2.24) is 10.2 Å². The number of nitrogens with one attached hydrogen (secondary N) is 1. The number of hydrogen-bond acceptors (Lipinski definition) is 10. The van der Waals surface area contributed by atoms with E-state index in [2.05, 4.69) is 5.32 Å². The maximum atomic E-state index is 13.6. The van der Waals surface area contributed by atoms with Crippen LogP contribution in [0.15, 0.2) is 0 Å². The molecular formula is C23H42N4O10. The minimum atomic E-state index is -1.54. The highest BCUT2D eigenvalue weighted by Crippen LogP contribution is 2.27. The molecule has 14 nitrogen and oxygen atoms in total. The van der Waals surface area contributed by atoms with E-state index in [1.807, 2.05) is 6.92 Å². The van der Waals surface area contributed by atoms with Gasteiger partial charge in [0.25, 0.3) is 0 Å². The van der Waals surface area contributed by atoms with Crippen molar-refractivity contribution in [2.24, 2.45) is 11.5 Å². The Morgan fingerprint density at radius 2 is 1.78 bits per heavy atom. The van der Waals surface area contributed by atoms with Gasteiger partial charge >= 0.3 is 5.97 Å². The number of aliphatic carboxylic acids is 1. The fourth-order valence-electron chi connectivity index (χ4n) is 4.44. The topological polar surface area (TPSA) is 235 Å². The van der Waals surface area contributed by atoms with Gasteiger partial charge in [-0.3, -0.25) is 19.2 Å². The van der Waals surface area contributed by atoms with Gasteiger partial charge in [0.15, 0.2) is 6.29 Å². The summed E-state index contributed by atoms with van der Waals surface area (Å²) in [5.41, 5.74) is 11.6. The molecule has 9 atom stereocenters. The number of carboxylic acids is 1. The van der Waals surface area contributed by atoms with Gasteiger partial charge in [0.2, 0.25) is 17.7 Å². The fourth-order valence-corrected chi connectivity index (χ4v) is 4.44. The van der Waals surface area contributed by atoms with Crippen molar-refractivity contribution in [2.75, 3.05) is 6.61 Å². The molecule has 214 valence electrons. The van der Waals surface area contributed by atoms with Gasteiger partial charge in [0.1, 0.15) is 30.4 Å². The van der Waals surface area contributed by atoms with Gasteiger partial charge < -0.3 is 51.6 Å². The van der Waals surface area contributed by atoms with Crippen molar-refractivity contribution in [3.05, 3.63) is 0 Å². The van der Waals surface area contributed by atoms with Crippen LogP contribution in [-0.2, 0) is 28.7 Å². The number of primary amides is 1. The molecular weight excluding hydrogens is 492 g/mol. The number of amides is 3. The summed E-state index contributed by atoms with van der Waals surface area (Å²) >= 11 is 0. The lowest BCUT2D eigenvalue weighted by Gasteiger charge is -2.45. The van der Waals surface area contributed by atoms with Crippen LogP contribution in [0.5, 0.6) is 0 Å². The molecule has 1 aliphatic heterocycles. The van der Waals surface area contributed by atoms with Gasteiger partial charge in [-0.25, -0.2) is 0 Å². The van der Waals surface area contributed by atoms with Crippen LogP contribution >= 0.6 is 0 Å². The average molecular weight is 535 g/mol. The van der Waals surface area contributed by atoms with Crippen molar-refractivity contribution < 1.29 is 49.1 Å². The number of unbranched alkanes of at least 4 members (excludes halogenated alkanes) is 1. The Balaban J connectivity index is 3.46. The quantitative estimate of drug-likeness (QED) is 0.119. The molecule has 2 unspecified atom stereocenters. The predicted molar refractivity (Wildman–Crippen MR) is 130 cm³/mol. The van der Waals surface area contributed by atoms with Crippen molar-refractivity contribution in [1.29, 1.82) is 0 Å². The SMILES string of the molecule is CCCCC(C(C)O[C@@H]1[C@@H](N)[C@@H](O)O[C@H](CO)[C@H]1O)N(C(=O)[C@H](C)NC(C)=O)[C@H](CCC(=O)O)C(N)=O. The molecule has 0 aliphatic carbocycles. The van der Waals surface area contributed by atoms with Gasteiger partial charge in [-0.2, -0.15) is 0 Å². The number of nitrogens with two attached hydrogens (primary N) is 2. The van der Waals surface area contributed by atoms with Crippen LogP contribution in [0.3, 0.4) is 0 Å². The van der Waals surface area contributed by atoms with E-state index < -0.39 is 91.6 Å². The summed E-state index contributed by atoms with van der Waals surface area (Å²) in [7, 11) is 0. The number of aliphatic hydroxyl groups is 3. The first-order valence-electron chi connectivity index (χ1n) is 12.4. The summed E-state index contributed by atoms with van der Waals surface area (Å²) in [6.45, 7) is 5.52. The maximum absolute atomic E-state index is 13.6. The highest BCUT2D eigenvalue weighted by atomic mass is 16.6. The minimum absolute atomic E-state index is 0.275. The number of ether oxygens (including phenoxy) is 2. The van der Waals surface area contributed by atoms with Crippen molar-refractivity contribution in [3.63, 3.8) is 0 Å². The Bertz CT molecular complexity index is 785. The highest BCUT2D eigenvalue weighted by molar-refractivity contribution is 5.91. The lowest BCUT2D eigenvalue weighted by Crippen LogP contribution is -2.65. The molecule has 3 amide bonds. The highest BCUT2D eigenvalue weighted by Gasteiger charge is 2.46. The van der Waals surface area contributed by atoms with Gasteiger partial charge in [-0.05, 0) is 26.7 Å². The number of aliphatic hydroxyl groups excluding tert-OH is 3. The second-order valence-electron chi connectivity index (χ2n) is 9.35. The molecule has 1 heterocycles. The zero-order valence-corrected chi connectivity index (χ0v) is 21.8. The molecule has 0 radical (unpaired) electrons. The molecule has 1 fully saturated rings. The summed E-state index contributed by atoms with van der Waals surface area (Å²) in [5, 5.41) is 41.9. The summed E-state index contributed by atoms with van der Waals surface area (Å²) in [5.74, 6) is -3.29. The van der Waals surface area contributed by atoms with Gasteiger partial charge in [0, 0.05) is 13.3 Å². The molecule has 0 aromatic carbocycles. The van der Waals surface area contributed by atoms with E-state index in [4.69, 9.17) is 20.9 Å². The molecule has 0 aromatic heterocycles. The Labute approximate surface area is 216 Å². The molecule has 9 N–H and O–H groups in total. The van der Waals surface area contributed by atoms with Crippen molar-refractivity contribution in [3.8, 4) is 0 Å². The second kappa shape index (κ2) is 15.1. The smallest absolute Gasteiger partial charge is 0.303 e. The molecule has 1 saturated heterocycles. The van der Waals surface area contributed by atoms with Crippen LogP contribution in [0.2, 0.25) is 0 Å². The maximum Gasteiger partial charge on any atom is 0.303 e. The largest absolute Gasteiger partial charge is 0.481 e. The van der Waals surface area contributed by atoms with E-state index in [1.165, 1.54) is 13.8 Å². The van der Waals surface area contributed by atoms with Crippen LogP contribution in [0.4, 0.5) is 0 Å². The van der Waals surface area contributed by atoms with Crippen LogP contribution in [0.25, 0.3) is 0 Å². The third kappa shape index (κ3) is 9.16. The lowest BCUT2D eigenvalue weighted by atomic mass is 9.95. The zero-order chi connectivity index (χ0) is 28.4. The number of rotatable bonds is 15. The van der Waals surface area contributed by atoms with Crippen molar-refractivity contribution in [2.45, 2.75) is 115 Å². The number of carbonyl (C=O) groups excluding carboxylic acids is 3. The standard InChI is InChI=1S/C23H42N4O10/c1-5-6-7-14(12(3)36-20-18(24)23(35)37-16(10-28)19(20)32)27(22(34)11(2)26-13(4)29)15(21(25)33)8-9-17(30)31/h11-12,14-16,18-20,23,28,32,35H,5-10,24H2,1-4H3,(H2,25,33)(H,26,29)(H,30,31)/t11-,12?,14?,15+,16+,18+,19+,20+,23-/m0/s1. The molecule has 0 saturated carbocycles. The van der Waals surface area contributed by atoms with Gasteiger partial charge in [0.05, 0.1) is 24.8 Å². The van der Waals surface area contributed by atoms with E-state index >= 15 is 0 Å². The Kier molecular flexibility index (Phi) is 13.4. The first kappa shape index (κ1) is 32.7. The van der Waals surface area contributed by atoms with Crippen LogP contribution in [-0.4, -0.2) is 110 Å². The molecule has 0 bridgehead atoms. The second-order valence-corrected chi connectivity index (χ2v) is 9.35. The van der Waals surface area contributed by atoms with E-state index in [0.717, 1.165) is 4.90 Å². The minimum Gasteiger partial charge on any atom is -0.481 e. The molecule has 1 aliphatic rings. The molecule has 0 aromatic rings. The summed E-state index contributed by atoms with van der Waals surface area (Å²) in [6, 6.07) is -4.47. The zero-order valence-electron chi connectivity index (χ0n) is 21.8. The molecule has 37 heavy (non-hydrogen) atoms. The molecule has 1 rings (SSSR count). The number of hydrogen-bond donors (Lipinski definition) is 7. The number of nitrogens with zero attached hydrogens (tertiary/aromatic N) is 1. The predicted octanol–water partition coefficient (Wildman–Crippen LogP) is -2.21. The number of carbonyl (C=O) groups is 4.